The number of hydrogen-bond donors (Lipinski definition) is 0. The summed E-state index contributed by atoms with van der Waals surface area (Å²) in [5, 5.41) is 0. The van der Waals surface area contributed by atoms with E-state index in [1.165, 1.54) is 19.5 Å². The van der Waals surface area contributed by atoms with Gasteiger partial charge in [0, 0.05) is 13.1 Å². The van der Waals surface area contributed by atoms with Gasteiger partial charge < -0.3 is 0 Å². The molecule has 0 aromatic carbocycles. The van der Waals surface area contributed by atoms with Gasteiger partial charge in [0.2, 0.25) is 0 Å². The van der Waals surface area contributed by atoms with Gasteiger partial charge in [0.1, 0.15) is 0 Å². The van der Waals surface area contributed by atoms with Gasteiger partial charge in [-0.15, -0.1) is 0 Å². The molecule has 0 amide bonds. The lowest BCUT2D eigenvalue weighted by molar-refractivity contribution is 0.0125. The van der Waals surface area contributed by atoms with Crippen LogP contribution in [0.1, 0.15) is 20.3 Å². The average Bonchev–Trinajstić information content (AvgIpc) is 1.85. The van der Waals surface area contributed by atoms with E-state index in [0.717, 1.165) is 5.92 Å². The van der Waals surface area contributed by atoms with Crippen molar-refractivity contribution in [2.24, 2.45) is 5.92 Å². The minimum atomic E-state index is 0.672. The van der Waals surface area contributed by atoms with Gasteiger partial charge in [-0.25, -0.2) is 0 Å². The summed E-state index contributed by atoms with van der Waals surface area (Å²) in [6.45, 7) is 7.08. The van der Waals surface area contributed by atoms with Crippen molar-refractivity contribution in [3.8, 4) is 0 Å². The van der Waals surface area contributed by atoms with Crippen molar-refractivity contribution >= 4 is 0 Å². The molecule has 0 radical (unpaired) electrons. The molecule has 0 aromatic heterocycles. The monoisotopic (exact) mass is 156 g/mol. The van der Waals surface area contributed by atoms with Crippen molar-refractivity contribution < 1.29 is 0 Å². The molecule has 1 aliphatic rings. The van der Waals surface area contributed by atoms with Crippen molar-refractivity contribution in [2.75, 3.05) is 27.2 Å². The molecule has 1 heterocycles. The predicted octanol–water partition coefficient (Wildman–Crippen LogP) is 1.24. The van der Waals surface area contributed by atoms with Crippen LogP contribution < -0.4 is 0 Å². The lowest BCUT2D eigenvalue weighted by atomic mass is 10.1. The summed E-state index contributed by atoms with van der Waals surface area (Å²) in [5.41, 5.74) is 0. The normalized spacial score (nSPS) is 36.0. The zero-order valence-electron chi connectivity index (χ0n) is 8.17. The van der Waals surface area contributed by atoms with Crippen LogP contribution in [0.3, 0.4) is 0 Å². The Balaban J connectivity index is 2.52. The van der Waals surface area contributed by atoms with Gasteiger partial charge in [-0.3, -0.25) is 9.80 Å². The van der Waals surface area contributed by atoms with E-state index in [4.69, 9.17) is 0 Å². The molecule has 0 aromatic rings. The molecular weight excluding hydrogens is 136 g/mol. The fourth-order valence-electron chi connectivity index (χ4n) is 2.24. The maximum absolute atomic E-state index is 2.45. The molecule has 0 unspecified atom stereocenters. The van der Waals surface area contributed by atoms with Gasteiger partial charge in [-0.1, -0.05) is 13.8 Å². The smallest absolute Gasteiger partial charge is 0.0614 e. The van der Waals surface area contributed by atoms with Gasteiger partial charge >= 0.3 is 0 Å². The summed E-state index contributed by atoms with van der Waals surface area (Å²) in [5.74, 6) is 0.827. The number of rotatable bonds is 1. The van der Waals surface area contributed by atoms with Crippen molar-refractivity contribution in [3.05, 3.63) is 0 Å². The standard InChI is InChI=1S/C9H20N2/c1-5-9-10(3)6-8(2)7-11(9)4/h8-9H,5-7H2,1-4H3. The summed E-state index contributed by atoms with van der Waals surface area (Å²) in [6.07, 6.45) is 1.91. The maximum atomic E-state index is 2.45. The average molecular weight is 156 g/mol. The van der Waals surface area contributed by atoms with E-state index in [1.807, 2.05) is 0 Å². The first-order valence-electron chi connectivity index (χ1n) is 4.55. The van der Waals surface area contributed by atoms with Crippen LogP contribution in [0.4, 0.5) is 0 Å². The molecule has 0 saturated carbocycles. The van der Waals surface area contributed by atoms with Gasteiger partial charge in [-0.05, 0) is 26.4 Å². The first kappa shape index (κ1) is 9.01. The Morgan fingerprint density at radius 2 is 1.64 bits per heavy atom. The maximum Gasteiger partial charge on any atom is 0.0614 e. The van der Waals surface area contributed by atoms with Crippen LogP contribution >= 0.6 is 0 Å². The molecule has 0 spiro atoms. The third kappa shape index (κ3) is 1.94. The second kappa shape index (κ2) is 3.55. The predicted molar refractivity (Wildman–Crippen MR) is 48.5 cm³/mol. The summed E-state index contributed by atoms with van der Waals surface area (Å²) in [4.78, 5) is 4.91. The summed E-state index contributed by atoms with van der Waals surface area (Å²) >= 11 is 0. The van der Waals surface area contributed by atoms with Crippen LogP contribution in [0.25, 0.3) is 0 Å². The zero-order chi connectivity index (χ0) is 8.43. The minimum Gasteiger partial charge on any atom is -0.291 e. The second-order valence-electron chi connectivity index (χ2n) is 3.87. The highest BCUT2D eigenvalue weighted by atomic mass is 15.4. The molecule has 1 saturated heterocycles. The van der Waals surface area contributed by atoms with E-state index < -0.39 is 0 Å². The van der Waals surface area contributed by atoms with Crippen molar-refractivity contribution in [1.82, 2.24) is 9.80 Å². The van der Waals surface area contributed by atoms with E-state index in [2.05, 4.69) is 37.7 Å². The molecular formula is C9H20N2. The Labute approximate surface area is 70.2 Å². The highest BCUT2D eigenvalue weighted by Crippen LogP contribution is 2.16. The SMILES string of the molecule is CCC1N(C)CC(C)CN1C. The number of nitrogens with zero attached hydrogens (tertiary/aromatic N) is 2. The molecule has 0 atom stereocenters. The van der Waals surface area contributed by atoms with Crippen molar-refractivity contribution in [1.29, 1.82) is 0 Å². The molecule has 66 valence electrons. The van der Waals surface area contributed by atoms with Crippen LogP contribution in [0.5, 0.6) is 0 Å². The Morgan fingerprint density at radius 3 is 2.00 bits per heavy atom. The summed E-state index contributed by atoms with van der Waals surface area (Å²) in [6, 6.07) is 0. The Kier molecular flexibility index (Phi) is 2.90. The summed E-state index contributed by atoms with van der Waals surface area (Å²) < 4.78 is 0. The van der Waals surface area contributed by atoms with E-state index in [0.29, 0.717) is 6.17 Å². The quantitative estimate of drug-likeness (QED) is 0.563. The van der Waals surface area contributed by atoms with E-state index >= 15 is 0 Å². The fourth-order valence-corrected chi connectivity index (χ4v) is 2.24. The van der Waals surface area contributed by atoms with Crippen molar-refractivity contribution in [2.45, 2.75) is 26.4 Å². The van der Waals surface area contributed by atoms with Crippen LogP contribution in [0.2, 0.25) is 0 Å². The first-order valence-corrected chi connectivity index (χ1v) is 4.55. The molecule has 0 bridgehead atoms. The van der Waals surface area contributed by atoms with Gasteiger partial charge in [-0.2, -0.15) is 0 Å². The van der Waals surface area contributed by atoms with Gasteiger partial charge in [0.05, 0.1) is 6.17 Å². The topological polar surface area (TPSA) is 6.48 Å². The summed E-state index contributed by atoms with van der Waals surface area (Å²) in [7, 11) is 4.45. The van der Waals surface area contributed by atoms with Gasteiger partial charge in [0.25, 0.3) is 0 Å². The minimum absolute atomic E-state index is 0.672. The zero-order valence-corrected chi connectivity index (χ0v) is 8.17. The van der Waals surface area contributed by atoms with E-state index in [1.54, 1.807) is 0 Å². The number of hydrogen-bond acceptors (Lipinski definition) is 2. The fraction of sp³-hybridized carbons (Fsp3) is 1.00. The molecule has 2 heteroatoms. The van der Waals surface area contributed by atoms with E-state index in [9.17, 15) is 0 Å². The molecule has 1 fully saturated rings. The van der Waals surface area contributed by atoms with Crippen LogP contribution in [-0.4, -0.2) is 43.2 Å². The largest absolute Gasteiger partial charge is 0.291 e. The molecule has 2 nitrogen and oxygen atoms in total. The first-order chi connectivity index (χ1) is 5.15. The van der Waals surface area contributed by atoms with Crippen molar-refractivity contribution in [3.63, 3.8) is 0 Å². The molecule has 11 heavy (non-hydrogen) atoms. The van der Waals surface area contributed by atoms with E-state index in [-0.39, 0.29) is 0 Å². The molecule has 1 rings (SSSR count). The Morgan fingerprint density at radius 1 is 1.18 bits per heavy atom. The Bertz CT molecular complexity index is 113. The Hall–Kier alpha value is -0.0800. The lowest BCUT2D eigenvalue weighted by Gasteiger charge is -2.42. The highest BCUT2D eigenvalue weighted by molar-refractivity contribution is 4.76. The van der Waals surface area contributed by atoms with Crippen LogP contribution in [0.15, 0.2) is 0 Å². The molecule has 0 aliphatic carbocycles. The van der Waals surface area contributed by atoms with Crippen LogP contribution in [0, 0.1) is 5.92 Å². The third-order valence-corrected chi connectivity index (χ3v) is 2.58. The lowest BCUT2D eigenvalue weighted by Crippen LogP contribution is -2.53. The highest BCUT2D eigenvalue weighted by Gasteiger charge is 2.25. The third-order valence-electron chi connectivity index (χ3n) is 2.58. The van der Waals surface area contributed by atoms with Crippen LogP contribution in [-0.2, 0) is 0 Å². The molecule has 1 aliphatic heterocycles. The molecule has 0 N–H and O–H groups in total. The van der Waals surface area contributed by atoms with Gasteiger partial charge in [0.15, 0.2) is 0 Å². The second-order valence-corrected chi connectivity index (χ2v) is 3.87.